The van der Waals surface area contributed by atoms with E-state index < -0.39 is 97.5 Å². The van der Waals surface area contributed by atoms with Crippen molar-refractivity contribution in [1.82, 2.24) is 0 Å². The van der Waals surface area contributed by atoms with Gasteiger partial charge in [0.15, 0.2) is 12.2 Å². The third-order valence-corrected chi connectivity index (χ3v) is 20.6. The summed E-state index contributed by atoms with van der Waals surface area (Å²) in [6.07, 6.45) is 54.2. The number of unbranched alkanes of at least 4 members (excludes halogenated alkanes) is 41. The monoisotopic (exact) mass is 1440 g/mol. The Kier molecular flexibility index (Phi) is 66.8. The Bertz CT molecular complexity index is 1920. The maximum Gasteiger partial charge on any atom is 0.472 e. The van der Waals surface area contributed by atoms with Gasteiger partial charge in [0.25, 0.3) is 0 Å². The highest BCUT2D eigenvalue weighted by Gasteiger charge is 2.30. The van der Waals surface area contributed by atoms with Gasteiger partial charge in [0, 0.05) is 25.7 Å². The maximum absolute atomic E-state index is 13.1. The van der Waals surface area contributed by atoms with E-state index in [1.807, 2.05) is 0 Å². The molecular weight excluding hydrogens is 1280 g/mol. The van der Waals surface area contributed by atoms with Crippen molar-refractivity contribution in [3.8, 4) is 0 Å². The molecule has 0 bridgehead atoms. The van der Waals surface area contributed by atoms with Crippen molar-refractivity contribution in [1.29, 1.82) is 0 Å². The summed E-state index contributed by atoms with van der Waals surface area (Å²) < 4.78 is 68.6. The predicted octanol–water partition coefficient (Wildman–Crippen LogP) is 23.2. The molecule has 0 fully saturated rings. The van der Waals surface area contributed by atoms with Crippen LogP contribution in [0.2, 0.25) is 0 Å². The van der Waals surface area contributed by atoms with Gasteiger partial charge in [0.05, 0.1) is 26.4 Å². The topological polar surface area (TPSA) is 237 Å². The van der Waals surface area contributed by atoms with Crippen LogP contribution in [0, 0.1) is 23.7 Å². The molecule has 19 heteroatoms. The van der Waals surface area contributed by atoms with Crippen LogP contribution in [0.3, 0.4) is 0 Å². The highest BCUT2D eigenvalue weighted by molar-refractivity contribution is 7.47. The molecule has 0 saturated carbocycles. The summed E-state index contributed by atoms with van der Waals surface area (Å²) in [5.74, 6) is 0.964. The second-order valence-corrected chi connectivity index (χ2v) is 33.0. The van der Waals surface area contributed by atoms with Crippen molar-refractivity contribution in [3.05, 3.63) is 0 Å². The highest BCUT2D eigenvalue weighted by Crippen LogP contribution is 2.45. The fraction of sp³-hybridized carbons (Fsp3) is 0.949. The van der Waals surface area contributed by atoms with Crippen LogP contribution in [-0.4, -0.2) is 96.7 Å². The van der Waals surface area contributed by atoms with Crippen LogP contribution in [0.4, 0.5) is 0 Å². The number of phosphoric ester groups is 2. The van der Waals surface area contributed by atoms with Crippen molar-refractivity contribution in [2.45, 2.75) is 420 Å². The molecule has 0 aromatic rings. The summed E-state index contributed by atoms with van der Waals surface area (Å²) in [7, 11) is -9.92. The van der Waals surface area contributed by atoms with Gasteiger partial charge in [-0.1, -0.05) is 351 Å². The smallest absolute Gasteiger partial charge is 0.462 e. The summed E-state index contributed by atoms with van der Waals surface area (Å²) >= 11 is 0. The minimum Gasteiger partial charge on any atom is -0.462 e. The molecule has 0 spiro atoms. The van der Waals surface area contributed by atoms with Crippen LogP contribution < -0.4 is 0 Å². The first kappa shape index (κ1) is 96.1. The fourth-order valence-corrected chi connectivity index (χ4v) is 13.6. The zero-order valence-corrected chi connectivity index (χ0v) is 66.2. The van der Waals surface area contributed by atoms with Crippen molar-refractivity contribution in [3.63, 3.8) is 0 Å². The first-order valence-corrected chi connectivity index (χ1v) is 43.7. The SMILES string of the molecule is CCC(C)CCCCCCCCC(=O)OC[C@H](COP(=O)(O)OC[C@H](O)COP(=O)(O)OC[C@@H](COC(=O)CCCCCCCCCCCCCCCCCCC(C)C)OC(=O)CCCCCCCCCCCCCCCC(C)C)OC(=O)CCCCCCCCCCCCC(C)C. The van der Waals surface area contributed by atoms with E-state index in [9.17, 15) is 43.2 Å². The van der Waals surface area contributed by atoms with Gasteiger partial charge >= 0.3 is 39.5 Å². The first-order chi connectivity index (χ1) is 47.1. The summed E-state index contributed by atoms with van der Waals surface area (Å²) in [5.41, 5.74) is 0. The van der Waals surface area contributed by atoms with E-state index in [-0.39, 0.29) is 25.7 Å². The lowest BCUT2D eigenvalue weighted by molar-refractivity contribution is -0.161. The van der Waals surface area contributed by atoms with E-state index in [2.05, 4.69) is 55.4 Å². The molecule has 582 valence electrons. The number of carbonyl (C=O) groups excluding carboxylic acids is 4. The molecule has 0 amide bonds. The number of aliphatic hydroxyl groups excluding tert-OH is 1. The quantitative estimate of drug-likeness (QED) is 0.0222. The molecule has 98 heavy (non-hydrogen) atoms. The summed E-state index contributed by atoms with van der Waals surface area (Å²) in [5, 5.41) is 10.6. The normalized spacial score (nSPS) is 14.3. The van der Waals surface area contributed by atoms with E-state index in [0.717, 1.165) is 120 Å². The zero-order valence-electron chi connectivity index (χ0n) is 64.4. The van der Waals surface area contributed by atoms with Crippen LogP contribution >= 0.6 is 15.6 Å². The molecule has 3 unspecified atom stereocenters. The minimum absolute atomic E-state index is 0.105. The number of ether oxygens (including phenoxy) is 4. The molecule has 0 aliphatic rings. The molecule has 0 saturated heterocycles. The fourth-order valence-electron chi connectivity index (χ4n) is 12.0. The Hall–Kier alpha value is -1.94. The Morgan fingerprint density at radius 1 is 0.286 bits per heavy atom. The molecule has 6 atom stereocenters. The largest absolute Gasteiger partial charge is 0.472 e. The lowest BCUT2D eigenvalue weighted by Crippen LogP contribution is -2.30. The van der Waals surface area contributed by atoms with Crippen LogP contribution in [-0.2, 0) is 65.4 Å². The maximum atomic E-state index is 13.1. The number of esters is 4. The third-order valence-electron chi connectivity index (χ3n) is 18.7. The molecule has 0 aliphatic carbocycles. The average molecular weight is 1440 g/mol. The Morgan fingerprint density at radius 2 is 0.490 bits per heavy atom. The third kappa shape index (κ3) is 71.1. The molecule has 0 heterocycles. The van der Waals surface area contributed by atoms with Crippen molar-refractivity contribution in [2.24, 2.45) is 23.7 Å². The first-order valence-electron chi connectivity index (χ1n) is 40.7. The van der Waals surface area contributed by atoms with E-state index in [1.54, 1.807) is 0 Å². The molecule has 3 N–H and O–H groups in total. The van der Waals surface area contributed by atoms with Crippen LogP contribution in [0.15, 0.2) is 0 Å². The number of hydrogen-bond donors (Lipinski definition) is 3. The van der Waals surface area contributed by atoms with E-state index in [0.29, 0.717) is 25.7 Å². The van der Waals surface area contributed by atoms with E-state index >= 15 is 0 Å². The standard InChI is InChI=1S/C79H154O17P2/c1-9-72(8)58-50-42-37-38-44-52-60-77(82)90-66-75(96-79(84)62-54-46-36-30-24-23-27-33-41-49-57-71(6)7)68-94-98(87,88)92-64-73(80)63-91-97(85,86)93-67-74(95-78(83)61-53-45-35-29-22-18-14-16-20-26-32-40-48-56-70(4)5)65-89-76(81)59-51-43-34-28-21-17-13-11-10-12-15-19-25-31-39-47-55-69(2)3/h69-75,80H,9-68H2,1-8H3,(H,85,86)(H,87,88)/t72?,73-,74-,75-/m1/s1. The van der Waals surface area contributed by atoms with Gasteiger partial charge in [-0.05, 0) is 49.4 Å². The van der Waals surface area contributed by atoms with Crippen molar-refractivity contribution < 1.29 is 80.2 Å². The number of hydrogen-bond acceptors (Lipinski definition) is 15. The van der Waals surface area contributed by atoms with E-state index in [4.69, 9.17) is 37.0 Å². The van der Waals surface area contributed by atoms with Crippen molar-refractivity contribution in [2.75, 3.05) is 39.6 Å². The summed E-state index contributed by atoms with van der Waals surface area (Å²) in [6, 6.07) is 0. The lowest BCUT2D eigenvalue weighted by Gasteiger charge is -2.21. The molecule has 0 aromatic heterocycles. The Morgan fingerprint density at radius 3 is 0.724 bits per heavy atom. The highest BCUT2D eigenvalue weighted by atomic mass is 31.2. The van der Waals surface area contributed by atoms with Gasteiger partial charge in [-0.25, -0.2) is 9.13 Å². The molecular formula is C79H154O17P2. The van der Waals surface area contributed by atoms with Gasteiger partial charge in [0.2, 0.25) is 0 Å². The molecule has 0 aromatic carbocycles. The van der Waals surface area contributed by atoms with Crippen molar-refractivity contribution >= 4 is 39.5 Å². The van der Waals surface area contributed by atoms with Gasteiger partial charge in [0.1, 0.15) is 19.3 Å². The summed E-state index contributed by atoms with van der Waals surface area (Å²) in [6.45, 7) is 14.2. The number of aliphatic hydroxyl groups is 1. The van der Waals surface area contributed by atoms with Gasteiger partial charge in [-0.2, -0.15) is 0 Å². The molecule has 17 nitrogen and oxygen atoms in total. The van der Waals surface area contributed by atoms with E-state index in [1.165, 1.54) is 199 Å². The summed E-state index contributed by atoms with van der Waals surface area (Å²) in [4.78, 5) is 72.9. The van der Waals surface area contributed by atoms with Crippen LogP contribution in [0.5, 0.6) is 0 Å². The number of phosphoric acid groups is 2. The van der Waals surface area contributed by atoms with Gasteiger partial charge in [-0.3, -0.25) is 37.3 Å². The van der Waals surface area contributed by atoms with Crippen LogP contribution in [0.25, 0.3) is 0 Å². The number of carbonyl (C=O) groups is 4. The van der Waals surface area contributed by atoms with Gasteiger partial charge in [-0.15, -0.1) is 0 Å². The van der Waals surface area contributed by atoms with Gasteiger partial charge < -0.3 is 33.8 Å². The lowest BCUT2D eigenvalue weighted by atomic mass is 10.00. The second-order valence-electron chi connectivity index (χ2n) is 30.1. The zero-order chi connectivity index (χ0) is 72.4. The van der Waals surface area contributed by atoms with Crippen LogP contribution in [0.1, 0.15) is 402 Å². The number of rotatable bonds is 76. The average Bonchev–Trinajstić information content (AvgIpc) is 1.12. The Labute approximate surface area is 600 Å². The molecule has 0 radical (unpaired) electrons. The molecule has 0 aliphatic heterocycles. The second kappa shape index (κ2) is 68.2. The minimum atomic E-state index is -4.96. The Balaban J connectivity index is 5.24. The molecule has 0 rings (SSSR count). The predicted molar refractivity (Wildman–Crippen MR) is 400 cm³/mol.